The summed E-state index contributed by atoms with van der Waals surface area (Å²) in [7, 11) is 0. The van der Waals surface area contributed by atoms with Crippen LogP contribution in [-0.4, -0.2) is 50.1 Å². The predicted octanol–water partition coefficient (Wildman–Crippen LogP) is 0.558. The molecule has 2 N–H and O–H groups in total. The van der Waals surface area contributed by atoms with Crippen molar-refractivity contribution in [1.82, 2.24) is 15.5 Å². The van der Waals surface area contributed by atoms with Crippen LogP contribution in [0.25, 0.3) is 0 Å². The standard InChI is InChI=1S/C14H21N3OS/c18-14(16-4-3-13-2-1-5-19-13)10-17-8-11-6-15-7-12(11)9-17/h1-2,5,11-12,15H,3-4,6-10H2,(H,16,18). The molecule has 2 aliphatic heterocycles. The summed E-state index contributed by atoms with van der Waals surface area (Å²) in [5.74, 6) is 1.70. The van der Waals surface area contributed by atoms with Crippen molar-refractivity contribution in [2.45, 2.75) is 6.42 Å². The minimum Gasteiger partial charge on any atom is -0.355 e. The smallest absolute Gasteiger partial charge is 0.234 e. The number of carbonyl (C=O) groups is 1. The van der Waals surface area contributed by atoms with Crippen LogP contribution in [0, 0.1) is 11.8 Å². The molecule has 2 fully saturated rings. The van der Waals surface area contributed by atoms with Crippen LogP contribution in [-0.2, 0) is 11.2 Å². The predicted molar refractivity (Wildman–Crippen MR) is 77.3 cm³/mol. The number of hydrogen-bond donors (Lipinski definition) is 2. The molecule has 4 nitrogen and oxygen atoms in total. The highest BCUT2D eigenvalue weighted by Gasteiger charge is 2.36. The average molecular weight is 279 g/mol. The summed E-state index contributed by atoms with van der Waals surface area (Å²) in [6.45, 7) is 5.73. The van der Waals surface area contributed by atoms with E-state index in [9.17, 15) is 4.79 Å². The number of amides is 1. The number of likely N-dealkylation sites (tertiary alicyclic amines) is 1. The number of carbonyl (C=O) groups excluding carboxylic acids is 1. The zero-order chi connectivity index (χ0) is 13.1. The maximum Gasteiger partial charge on any atom is 0.234 e. The fraction of sp³-hybridized carbons (Fsp3) is 0.643. The molecular formula is C14H21N3OS. The van der Waals surface area contributed by atoms with Crippen molar-refractivity contribution < 1.29 is 4.79 Å². The van der Waals surface area contributed by atoms with E-state index in [-0.39, 0.29) is 5.91 Å². The number of thiophene rings is 1. The number of fused-ring (bicyclic) bond motifs is 1. The van der Waals surface area contributed by atoms with Gasteiger partial charge in [-0.1, -0.05) is 6.07 Å². The second-order valence-corrected chi connectivity index (χ2v) is 6.58. The number of nitrogens with one attached hydrogen (secondary N) is 2. The highest BCUT2D eigenvalue weighted by atomic mass is 32.1. The molecule has 2 unspecified atom stereocenters. The Kier molecular flexibility index (Phi) is 4.15. The topological polar surface area (TPSA) is 44.4 Å². The van der Waals surface area contributed by atoms with Crippen molar-refractivity contribution in [2.24, 2.45) is 11.8 Å². The van der Waals surface area contributed by atoms with E-state index in [0.717, 1.165) is 51.0 Å². The third kappa shape index (κ3) is 3.35. The second kappa shape index (κ2) is 6.03. The molecule has 104 valence electrons. The highest BCUT2D eigenvalue weighted by molar-refractivity contribution is 7.09. The molecule has 0 aliphatic carbocycles. The van der Waals surface area contributed by atoms with Gasteiger partial charge in [0.25, 0.3) is 0 Å². The summed E-state index contributed by atoms with van der Waals surface area (Å²) >= 11 is 1.75. The monoisotopic (exact) mass is 279 g/mol. The summed E-state index contributed by atoms with van der Waals surface area (Å²) in [5.41, 5.74) is 0. The fourth-order valence-corrected chi connectivity index (χ4v) is 3.83. The van der Waals surface area contributed by atoms with Crippen LogP contribution in [0.5, 0.6) is 0 Å². The molecule has 19 heavy (non-hydrogen) atoms. The van der Waals surface area contributed by atoms with Crippen molar-refractivity contribution >= 4 is 17.2 Å². The van der Waals surface area contributed by atoms with Gasteiger partial charge in [0, 0.05) is 24.5 Å². The maximum atomic E-state index is 11.9. The second-order valence-electron chi connectivity index (χ2n) is 5.55. The Bertz CT molecular complexity index is 408. The summed E-state index contributed by atoms with van der Waals surface area (Å²) in [6, 6.07) is 4.17. The first-order valence-corrected chi connectivity index (χ1v) is 7.91. The summed E-state index contributed by atoms with van der Waals surface area (Å²) in [4.78, 5) is 15.5. The van der Waals surface area contributed by atoms with Crippen LogP contribution in [0.3, 0.4) is 0 Å². The molecule has 0 radical (unpaired) electrons. The van der Waals surface area contributed by atoms with Crippen molar-refractivity contribution in [3.05, 3.63) is 22.4 Å². The van der Waals surface area contributed by atoms with E-state index in [0.29, 0.717) is 6.54 Å². The van der Waals surface area contributed by atoms with Gasteiger partial charge in [0.05, 0.1) is 6.54 Å². The lowest BCUT2D eigenvalue weighted by Crippen LogP contribution is -2.38. The molecule has 3 heterocycles. The lowest BCUT2D eigenvalue weighted by Gasteiger charge is -2.16. The van der Waals surface area contributed by atoms with Gasteiger partial charge in [0.1, 0.15) is 0 Å². The van der Waals surface area contributed by atoms with Gasteiger partial charge in [0.2, 0.25) is 5.91 Å². The Morgan fingerprint density at radius 1 is 1.42 bits per heavy atom. The summed E-state index contributed by atoms with van der Waals surface area (Å²) < 4.78 is 0. The minimum atomic E-state index is 0.171. The molecule has 1 amide bonds. The van der Waals surface area contributed by atoms with Gasteiger partial charge >= 0.3 is 0 Å². The number of nitrogens with zero attached hydrogens (tertiary/aromatic N) is 1. The number of rotatable bonds is 5. The Morgan fingerprint density at radius 3 is 2.89 bits per heavy atom. The zero-order valence-corrected chi connectivity index (χ0v) is 11.9. The van der Waals surface area contributed by atoms with Gasteiger partial charge < -0.3 is 10.6 Å². The van der Waals surface area contributed by atoms with Crippen LogP contribution < -0.4 is 10.6 Å². The molecule has 1 aromatic heterocycles. The van der Waals surface area contributed by atoms with Crippen LogP contribution in [0.15, 0.2) is 17.5 Å². The van der Waals surface area contributed by atoms with E-state index in [1.165, 1.54) is 4.88 Å². The first kappa shape index (κ1) is 13.1. The first-order valence-electron chi connectivity index (χ1n) is 7.03. The molecular weight excluding hydrogens is 258 g/mol. The van der Waals surface area contributed by atoms with Crippen LogP contribution in [0.1, 0.15) is 4.88 Å². The largest absolute Gasteiger partial charge is 0.355 e. The van der Waals surface area contributed by atoms with Crippen LogP contribution >= 0.6 is 11.3 Å². The first-order chi connectivity index (χ1) is 9.31. The van der Waals surface area contributed by atoms with Gasteiger partial charge in [-0.05, 0) is 42.8 Å². The SMILES string of the molecule is O=C(CN1CC2CNCC2C1)NCCc1cccs1. The van der Waals surface area contributed by atoms with Gasteiger partial charge in [-0.3, -0.25) is 9.69 Å². The third-order valence-corrected chi connectivity index (χ3v) is 5.04. The molecule has 2 saturated heterocycles. The van der Waals surface area contributed by atoms with Gasteiger partial charge in [-0.2, -0.15) is 0 Å². The van der Waals surface area contributed by atoms with Gasteiger partial charge in [-0.25, -0.2) is 0 Å². The minimum absolute atomic E-state index is 0.171. The molecule has 0 bridgehead atoms. The lowest BCUT2D eigenvalue weighted by molar-refractivity contribution is -0.122. The Balaban J connectivity index is 1.35. The quantitative estimate of drug-likeness (QED) is 0.828. The number of hydrogen-bond acceptors (Lipinski definition) is 4. The Hall–Kier alpha value is -0.910. The Morgan fingerprint density at radius 2 is 2.21 bits per heavy atom. The van der Waals surface area contributed by atoms with E-state index in [4.69, 9.17) is 0 Å². The van der Waals surface area contributed by atoms with Crippen molar-refractivity contribution in [3.8, 4) is 0 Å². The molecule has 3 rings (SSSR count). The van der Waals surface area contributed by atoms with Crippen LogP contribution in [0.4, 0.5) is 0 Å². The average Bonchev–Trinajstić information content (AvgIpc) is 3.04. The molecule has 2 aliphatic rings. The van der Waals surface area contributed by atoms with Gasteiger partial charge in [-0.15, -0.1) is 11.3 Å². The summed E-state index contributed by atoms with van der Waals surface area (Å²) in [6.07, 6.45) is 0.943. The third-order valence-electron chi connectivity index (χ3n) is 4.11. The highest BCUT2D eigenvalue weighted by Crippen LogP contribution is 2.25. The van der Waals surface area contributed by atoms with Gasteiger partial charge in [0.15, 0.2) is 0 Å². The molecule has 0 aromatic carbocycles. The zero-order valence-electron chi connectivity index (χ0n) is 11.1. The lowest BCUT2D eigenvalue weighted by atomic mass is 10.0. The van der Waals surface area contributed by atoms with Crippen molar-refractivity contribution in [1.29, 1.82) is 0 Å². The van der Waals surface area contributed by atoms with E-state index in [1.807, 2.05) is 0 Å². The normalized spacial score (nSPS) is 26.5. The molecule has 2 atom stereocenters. The van der Waals surface area contributed by atoms with E-state index >= 15 is 0 Å². The maximum absolute atomic E-state index is 11.9. The Labute approximate surface area is 118 Å². The summed E-state index contributed by atoms with van der Waals surface area (Å²) in [5, 5.41) is 8.52. The molecule has 0 spiro atoms. The van der Waals surface area contributed by atoms with Crippen molar-refractivity contribution in [2.75, 3.05) is 39.3 Å². The van der Waals surface area contributed by atoms with Crippen LogP contribution in [0.2, 0.25) is 0 Å². The molecule has 0 saturated carbocycles. The van der Waals surface area contributed by atoms with Crippen molar-refractivity contribution in [3.63, 3.8) is 0 Å². The molecule has 1 aromatic rings. The fourth-order valence-electron chi connectivity index (χ4n) is 3.12. The van der Waals surface area contributed by atoms with E-state index < -0.39 is 0 Å². The van der Waals surface area contributed by atoms with E-state index in [2.05, 4.69) is 33.0 Å². The molecule has 5 heteroatoms. The van der Waals surface area contributed by atoms with E-state index in [1.54, 1.807) is 11.3 Å².